The highest BCUT2D eigenvalue weighted by molar-refractivity contribution is 6.42. The van der Waals surface area contributed by atoms with Crippen LogP contribution in [0.15, 0.2) is 18.2 Å². The van der Waals surface area contributed by atoms with Crippen LogP contribution >= 0.6 is 23.2 Å². The third-order valence-electron chi connectivity index (χ3n) is 4.16. The van der Waals surface area contributed by atoms with E-state index in [4.69, 9.17) is 37.9 Å². The van der Waals surface area contributed by atoms with Crippen LogP contribution in [0.5, 0.6) is 5.75 Å². The number of morpholine rings is 1. The molecule has 0 bridgehead atoms. The van der Waals surface area contributed by atoms with Gasteiger partial charge in [0.2, 0.25) is 0 Å². The molecule has 1 amide bonds. The van der Waals surface area contributed by atoms with E-state index in [2.05, 4.69) is 11.0 Å². The molecule has 0 aromatic heterocycles. The molecule has 6 nitrogen and oxygen atoms in total. The average Bonchev–Trinajstić information content (AvgIpc) is 2.66. The van der Waals surface area contributed by atoms with Gasteiger partial charge in [-0.05, 0) is 19.1 Å². The second-order valence-corrected chi connectivity index (χ2v) is 6.78. The zero-order chi connectivity index (χ0) is 18.9. The van der Waals surface area contributed by atoms with Crippen molar-refractivity contribution in [1.29, 1.82) is 5.26 Å². The maximum atomic E-state index is 12.8. The third-order valence-corrected chi connectivity index (χ3v) is 4.96. The van der Waals surface area contributed by atoms with Gasteiger partial charge < -0.3 is 14.4 Å². The lowest BCUT2D eigenvalue weighted by Gasteiger charge is -2.31. The Bertz CT molecular complexity index is 645. The van der Waals surface area contributed by atoms with E-state index in [1.54, 1.807) is 30.0 Å². The van der Waals surface area contributed by atoms with Crippen molar-refractivity contribution >= 4 is 29.1 Å². The largest absolute Gasteiger partial charge is 0.479 e. The van der Waals surface area contributed by atoms with Crippen LogP contribution < -0.4 is 4.74 Å². The van der Waals surface area contributed by atoms with Gasteiger partial charge in [-0.2, -0.15) is 5.26 Å². The molecule has 1 aliphatic heterocycles. The number of hydrogen-bond donors (Lipinski definition) is 0. The highest BCUT2D eigenvalue weighted by Crippen LogP contribution is 2.32. The van der Waals surface area contributed by atoms with Gasteiger partial charge in [0, 0.05) is 32.7 Å². The SMILES string of the molecule is CC(Oc1cccc(Cl)c1Cl)C(=O)N(CCC#N)CCN1CCOCC1. The maximum absolute atomic E-state index is 12.8. The Balaban J connectivity index is 1.97. The van der Waals surface area contributed by atoms with Gasteiger partial charge in [-0.15, -0.1) is 0 Å². The van der Waals surface area contributed by atoms with Gasteiger partial charge in [0.15, 0.2) is 6.10 Å². The number of ether oxygens (including phenoxy) is 2. The number of halogens is 2. The molecule has 26 heavy (non-hydrogen) atoms. The summed E-state index contributed by atoms with van der Waals surface area (Å²) in [5, 5.41) is 9.53. The molecule has 142 valence electrons. The molecule has 0 spiro atoms. The van der Waals surface area contributed by atoms with Gasteiger partial charge >= 0.3 is 0 Å². The quantitative estimate of drug-likeness (QED) is 0.672. The molecular formula is C18H23Cl2N3O3. The Hall–Kier alpha value is -1.52. The number of nitrogens with zero attached hydrogens (tertiary/aromatic N) is 3. The van der Waals surface area contributed by atoms with E-state index in [-0.39, 0.29) is 17.4 Å². The fourth-order valence-electron chi connectivity index (χ4n) is 2.68. The molecular weight excluding hydrogens is 377 g/mol. The summed E-state index contributed by atoms with van der Waals surface area (Å²) in [5.41, 5.74) is 0. The van der Waals surface area contributed by atoms with Crippen LogP contribution in [0.25, 0.3) is 0 Å². The Morgan fingerprint density at radius 3 is 2.81 bits per heavy atom. The van der Waals surface area contributed by atoms with Gasteiger partial charge in [0.05, 0.1) is 30.7 Å². The first kappa shape index (κ1) is 20.8. The van der Waals surface area contributed by atoms with Crippen molar-refractivity contribution < 1.29 is 14.3 Å². The predicted octanol–water partition coefficient (Wildman–Crippen LogP) is 2.84. The van der Waals surface area contributed by atoms with Gasteiger partial charge in [-0.1, -0.05) is 29.3 Å². The molecule has 2 rings (SSSR count). The number of rotatable bonds is 8. The van der Waals surface area contributed by atoms with Crippen LogP contribution in [0.4, 0.5) is 0 Å². The van der Waals surface area contributed by atoms with Gasteiger partial charge in [-0.25, -0.2) is 0 Å². The molecule has 1 aliphatic rings. The highest BCUT2D eigenvalue weighted by Gasteiger charge is 2.24. The molecule has 0 N–H and O–H groups in total. The summed E-state index contributed by atoms with van der Waals surface area (Å²) in [6, 6.07) is 7.13. The molecule has 1 aromatic carbocycles. The molecule has 1 aromatic rings. The number of amides is 1. The smallest absolute Gasteiger partial charge is 0.263 e. The van der Waals surface area contributed by atoms with Gasteiger partial charge in [-0.3, -0.25) is 9.69 Å². The Kier molecular flexibility index (Phi) is 8.46. The summed E-state index contributed by atoms with van der Waals surface area (Å²) in [6.45, 7) is 6.44. The second kappa shape index (κ2) is 10.6. The summed E-state index contributed by atoms with van der Waals surface area (Å²) < 4.78 is 11.1. The Morgan fingerprint density at radius 1 is 1.38 bits per heavy atom. The van der Waals surface area contributed by atoms with Crippen LogP contribution in [0.1, 0.15) is 13.3 Å². The first-order chi connectivity index (χ1) is 12.5. The van der Waals surface area contributed by atoms with E-state index in [1.165, 1.54) is 0 Å². The standard InChI is InChI=1S/C18H23Cl2N3O3/c1-14(26-16-5-2-4-15(19)17(16)20)18(24)23(7-3-6-21)9-8-22-10-12-25-13-11-22/h2,4-5,14H,3,7-13H2,1H3. The predicted molar refractivity (Wildman–Crippen MR) is 101 cm³/mol. The number of hydrogen-bond acceptors (Lipinski definition) is 5. The van der Waals surface area contributed by atoms with Crippen molar-refractivity contribution in [2.45, 2.75) is 19.4 Å². The Morgan fingerprint density at radius 2 is 2.12 bits per heavy atom. The topological polar surface area (TPSA) is 65.8 Å². The summed E-state index contributed by atoms with van der Waals surface area (Å²) in [7, 11) is 0. The van der Waals surface area contributed by atoms with Crippen molar-refractivity contribution in [2.24, 2.45) is 0 Å². The molecule has 0 aliphatic carbocycles. The number of benzene rings is 1. The van der Waals surface area contributed by atoms with E-state index >= 15 is 0 Å². The zero-order valence-electron chi connectivity index (χ0n) is 14.8. The molecule has 0 radical (unpaired) electrons. The fraction of sp³-hybridized carbons (Fsp3) is 0.556. The van der Waals surface area contributed by atoms with E-state index in [0.29, 0.717) is 37.1 Å². The van der Waals surface area contributed by atoms with Crippen molar-refractivity contribution in [2.75, 3.05) is 45.9 Å². The number of carbonyl (C=O) groups is 1. The minimum absolute atomic E-state index is 0.176. The molecule has 1 heterocycles. The van der Waals surface area contributed by atoms with E-state index in [1.807, 2.05) is 0 Å². The lowest BCUT2D eigenvalue weighted by atomic mass is 10.2. The minimum atomic E-state index is -0.727. The van der Waals surface area contributed by atoms with Gasteiger partial charge in [0.25, 0.3) is 5.91 Å². The van der Waals surface area contributed by atoms with E-state index < -0.39 is 6.10 Å². The monoisotopic (exact) mass is 399 g/mol. The summed E-state index contributed by atoms with van der Waals surface area (Å²) >= 11 is 12.1. The normalized spacial score (nSPS) is 15.9. The van der Waals surface area contributed by atoms with Crippen molar-refractivity contribution in [3.8, 4) is 11.8 Å². The van der Waals surface area contributed by atoms with Crippen LogP contribution in [-0.4, -0.2) is 67.7 Å². The molecule has 0 saturated carbocycles. The van der Waals surface area contributed by atoms with Gasteiger partial charge in [0.1, 0.15) is 10.8 Å². The summed E-state index contributed by atoms with van der Waals surface area (Å²) in [4.78, 5) is 16.7. The lowest BCUT2D eigenvalue weighted by molar-refractivity contribution is -0.138. The number of nitriles is 1. The maximum Gasteiger partial charge on any atom is 0.263 e. The summed E-state index contributed by atoms with van der Waals surface area (Å²) in [6.07, 6.45) is -0.450. The fourth-order valence-corrected chi connectivity index (χ4v) is 3.01. The first-order valence-electron chi connectivity index (χ1n) is 8.59. The first-order valence-corrected chi connectivity index (χ1v) is 9.35. The molecule has 1 saturated heterocycles. The zero-order valence-corrected chi connectivity index (χ0v) is 16.3. The van der Waals surface area contributed by atoms with Crippen LogP contribution in [0.2, 0.25) is 10.0 Å². The highest BCUT2D eigenvalue weighted by atomic mass is 35.5. The second-order valence-electron chi connectivity index (χ2n) is 6.00. The van der Waals surface area contributed by atoms with Crippen LogP contribution in [-0.2, 0) is 9.53 Å². The Labute approximate surface area is 164 Å². The van der Waals surface area contributed by atoms with Crippen LogP contribution in [0.3, 0.4) is 0 Å². The van der Waals surface area contributed by atoms with Crippen molar-refractivity contribution in [1.82, 2.24) is 9.80 Å². The van der Waals surface area contributed by atoms with Crippen molar-refractivity contribution in [3.05, 3.63) is 28.2 Å². The van der Waals surface area contributed by atoms with Crippen molar-refractivity contribution in [3.63, 3.8) is 0 Å². The number of carbonyl (C=O) groups excluding carboxylic acids is 1. The average molecular weight is 400 g/mol. The minimum Gasteiger partial charge on any atom is -0.479 e. The molecule has 1 unspecified atom stereocenters. The molecule has 1 fully saturated rings. The van der Waals surface area contributed by atoms with Crippen LogP contribution in [0, 0.1) is 11.3 Å². The van der Waals surface area contributed by atoms with E-state index in [9.17, 15) is 4.79 Å². The summed E-state index contributed by atoms with van der Waals surface area (Å²) in [5.74, 6) is 0.193. The van der Waals surface area contributed by atoms with E-state index in [0.717, 1.165) is 19.6 Å². The molecule has 8 heteroatoms. The third kappa shape index (κ3) is 6.03. The lowest BCUT2D eigenvalue weighted by Crippen LogP contribution is -2.46. The molecule has 1 atom stereocenters.